The topological polar surface area (TPSA) is 29.1 Å². The van der Waals surface area contributed by atoms with Gasteiger partial charge in [-0.25, -0.2) is 0 Å². The Kier molecular flexibility index (Phi) is 3.40. The van der Waals surface area contributed by atoms with E-state index in [1.807, 2.05) is 30.5 Å². The van der Waals surface area contributed by atoms with E-state index in [1.54, 1.807) is 0 Å². The van der Waals surface area contributed by atoms with Gasteiger partial charge in [0, 0.05) is 28.8 Å². The molecular formula is C18H22ClNO. The quantitative estimate of drug-likeness (QED) is 0.842. The molecule has 0 aromatic heterocycles. The Morgan fingerprint density at radius 1 is 1.33 bits per heavy atom. The molecule has 1 aromatic rings. The molecule has 0 radical (unpaired) electrons. The number of carbonyl (C=O) groups is 1. The third-order valence-corrected chi connectivity index (χ3v) is 5.51. The van der Waals surface area contributed by atoms with Crippen molar-refractivity contribution < 1.29 is 4.79 Å². The van der Waals surface area contributed by atoms with Gasteiger partial charge in [0.2, 0.25) is 0 Å². The zero-order valence-electron chi connectivity index (χ0n) is 12.9. The van der Waals surface area contributed by atoms with Gasteiger partial charge >= 0.3 is 0 Å². The minimum Gasteiger partial charge on any atom is -0.386 e. The van der Waals surface area contributed by atoms with Gasteiger partial charge in [0.1, 0.15) is 0 Å². The highest BCUT2D eigenvalue weighted by atomic mass is 35.5. The number of nitrogens with one attached hydrogen (secondary N) is 1. The molecule has 2 saturated carbocycles. The van der Waals surface area contributed by atoms with Crippen LogP contribution in [0.5, 0.6) is 0 Å². The molecule has 2 aliphatic rings. The van der Waals surface area contributed by atoms with Crippen molar-refractivity contribution in [3.8, 4) is 0 Å². The number of hydrogen-bond acceptors (Lipinski definition) is 2. The normalized spacial score (nSPS) is 31.9. The highest BCUT2D eigenvalue weighted by molar-refractivity contribution is 6.31. The van der Waals surface area contributed by atoms with E-state index in [0.29, 0.717) is 18.2 Å². The largest absolute Gasteiger partial charge is 0.386 e. The Morgan fingerprint density at radius 3 is 2.71 bits per heavy atom. The molecule has 3 rings (SSSR count). The van der Waals surface area contributed by atoms with E-state index in [1.165, 1.54) is 0 Å². The lowest BCUT2D eigenvalue weighted by atomic mass is 9.70. The standard InChI is InChI=1S/C18H22ClNO/c1-17(2)11-18(3)8-14(17)13(16(18)21)10-20-9-12-6-4-5-7-15(12)19/h4-7,10,14,20H,8-9,11H2,1-3H3/b13-10-. The fraction of sp³-hybridized carbons (Fsp3) is 0.500. The average molecular weight is 304 g/mol. The molecule has 0 amide bonds. The monoisotopic (exact) mass is 303 g/mol. The average Bonchev–Trinajstić information content (AvgIpc) is 2.80. The number of Topliss-reactive ketones (excluding diaryl/α,β-unsaturated/α-hetero) is 1. The molecule has 2 aliphatic carbocycles. The second kappa shape index (κ2) is 4.88. The summed E-state index contributed by atoms with van der Waals surface area (Å²) < 4.78 is 0. The summed E-state index contributed by atoms with van der Waals surface area (Å²) in [7, 11) is 0. The summed E-state index contributed by atoms with van der Waals surface area (Å²) in [6, 6.07) is 7.79. The van der Waals surface area contributed by atoms with Crippen molar-refractivity contribution in [3.05, 3.63) is 46.6 Å². The van der Waals surface area contributed by atoms with Crippen LogP contribution in [0.3, 0.4) is 0 Å². The van der Waals surface area contributed by atoms with Gasteiger partial charge in [-0.2, -0.15) is 0 Å². The van der Waals surface area contributed by atoms with Crippen LogP contribution in [0.15, 0.2) is 36.0 Å². The van der Waals surface area contributed by atoms with Gasteiger partial charge in [-0.1, -0.05) is 50.6 Å². The minimum atomic E-state index is -0.147. The highest BCUT2D eigenvalue weighted by Crippen LogP contribution is 2.62. The summed E-state index contributed by atoms with van der Waals surface area (Å²) in [6.45, 7) is 7.32. The lowest BCUT2D eigenvalue weighted by molar-refractivity contribution is -0.124. The summed E-state index contributed by atoms with van der Waals surface area (Å²) in [5, 5.41) is 4.05. The zero-order chi connectivity index (χ0) is 15.3. The number of halogens is 1. The first-order valence-electron chi connectivity index (χ1n) is 7.55. The smallest absolute Gasteiger partial charge is 0.166 e. The van der Waals surface area contributed by atoms with Crippen molar-refractivity contribution in [3.63, 3.8) is 0 Å². The maximum Gasteiger partial charge on any atom is 0.166 e. The molecule has 2 bridgehead atoms. The fourth-order valence-corrected chi connectivity index (χ4v) is 4.42. The number of carbonyl (C=O) groups excluding carboxylic acids is 1. The van der Waals surface area contributed by atoms with Crippen LogP contribution < -0.4 is 5.32 Å². The van der Waals surface area contributed by atoms with Gasteiger partial charge < -0.3 is 5.32 Å². The van der Waals surface area contributed by atoms with Crippen LogP contribution in [0.2, 0.25) is 5.02 Å². The Morgan fingerprint density at radius 2 is 2.05 bits per heavy atom. The lowest BCUT2D eigenvalue weighted by Crippen LogP contribution is -2.33. The van der Waals surface area contributed by atoms with E-state index in [9.17, 15) is 4.79 Å². The Hall–Kier alpha value is -1.28. The summed E-state index contributed by atoms with van der Waals surface area (Å²) in [5.74, 6) is 0.715. The molecule has 0 aliphatic heterocycles. The predicted octanol–water partition coefficient (Wildman–Crippen LogP) is 4.34. The van der Waals surface area contributed by atoms with Crippen molar-refractivity contribution in [1.29, 1.82) is 0 Å². The van der Waals surface area contributed by atoms with Gasteiger partial charge in [-0.05, 0) is 35.8 Å². The summed E-state index contributed by atoms with van der Waals surface area (Å²) >= 11 is 6.15. The Labute approximate surface area is 131 Å². The van der Waals surface area contributed by atoms with Crippen molar-refractivity contribution in [2.75, 3.05) is 0 Å². The molecule has 1 aromatic carbocycles. The number of hydrogen-bond donors (Lipinski definition) is 1. The fourth-order valence-electron chi connectivity index (χ4n) is 4.22. The van der Waals surface area contributed by atoms with Crippen LogP contribution in [0, 0.1) is 16.7 Å². The number of ketones is 1. The first-order chi connectivity index (χ1) is 9.83. The SMILES string of the molecule is CC12CC(/C(=C/NCc3ccccc3Cl)C1=O)C(C)(C)C2. The zero-order valence-corrected chi connectivity index (χ0v) is 13.6. The van der Waals surface area contributed by atoms with Crippen LogP contribution >= 0.6 is 11.6 Å². The molecule has 0 saturated heterocycles. The second-order valence-corrected chi connectivity index (χ2v) is 7.79. The first kappa shape index (κ1) is 14.6. The van der Waals surface area contributed by atoms with E-state index in [4.69, 9.17) is 11.6 Å². The van der Waals surface area contributed by atoms with E-state index in [0.717, 1.165) is 29.0 Å². The van der Waals surface area contributed by atoms with Gasteiger partial charge in [-0.3, -0.25) is 4.79 Å². The third kappa shape index (κ3) is 2.40. The maximum absolute atomic E-state index is 12.6. The van der Waals surface area contributed by atoms with Gasteiger partial charge in [0.15, 0.2) is 5.78 Å². The number of allylic oxidation sites excluding steroid dienone is 1. The van der Waals surface area contributed by atoms with Crippen molar-refractivity contribution in [2.45, 2.75) is 40.2 Å². The molecule has 2 fully saturated rings. The molecule has 0 spiro atoms. The summed E-state index contributed by atoms with van der Waals surface area (Å²) in [6.07, 6.45) is 3.94. The van der Waals surface area contributed by atoms with E-state index >= 15 is 0 Å². The highest BCUT2D eigenvalue weighted by Gasteiger charge is 2.59. The first-order valence-corrected chi connectivity index (χ1v) is 7.93. The molecular weight excluding hydrogens is 282 g/mol. The van der Waals surface area contributed by atoms with Crippen molar-refractivity contribution in [1.82, 2.24) is 5.32 Å². The van der Waals surface area contributed by atoms with E-state index in [2.05, 4.69) is 26.1 Å². The van der Waals surface area contributed by atoms with Gasteiger partial charge in [0.05, 0.1) is 0 Å². The van der Waals surface area contributed by atoms with Crippen LogP contribution in [-0.2, 0) is 11.3 Å². The van der Waals surface area contributed by atoms with Crippen LogP contribution in [-0.4, -0.2) is 5.78 Å². The number of rotatable bonds is 3. The molecule has 1 N–H and O–H groups in total. The van der Waals surface area contributed by atoms with Gasteiger partial charge in [0.25, 0.3) is 0 Å². The van der Waals surface area contributed by atoms with Crippen molar-refractivity contribution >= 4 is 17.4 Å². The Balaban J connectivity index is 1.76. The molecule has 2 nitrogen and oxygen atoms in total. The third-order valence-electron chi connectivity index (χ3n) is 5.14. The lowest BCUT2D eigenvalue weighted by Gasteiger charge is -2.33. The van der Waals surface area contributed by atoms with Gasteiger partial charge in [-0.15, -0.1) is 0 Å². The predicted molar refractivity (Wildman–Crippen MR) is 86.0 cm³/mol. The molecule has 0 heterocycles. The molecule has 3 heteroatoms. The Bertz CT molecular complexity index is 619. The molecule has 2 unspecified atom stereocenters. The van der Waals surface area contributed by atoms with Crippen LogP contribution in [0.25, 0.3) is 0 Å². The van der Waals surface area contributed by atoms with Crippen LogP contribution in [0.4, 0.5) is 0 Å². The van der Waals surface area contributed by atoms with Crippen LogP contribution in [0.1, 0.15) is 39.2 Å². The summed E-state index contributed by atoms with van der Waals surface area (Å²) in [4.78, 5) is 12.6. The summed E-state index contributed by atoms with van der Waals surface area (Å²) in [5.41, 5.74) is 2.10. The van der Waals surface area contributed by atoms with Crippen molar-refractivity contribution in [2.24, 2.45) is 16.7 Å². The maximum atomic E-state index is 12.6. The molecule has 21 heavy (non-hydrogen) atoms. The number of fused-ring (bicyclic) bond motifs is 2. The number of benzene rings is 1. The molecule has 2 atom stereocenters. The second-order valence-electron chi connectivity index (χ2n) is 7.38. The molecule has 112 valence electrons. The minimum absolute atomic E-state index is 0.147. The van der Waals surface area contributed by atoms with E-state index in [-0.39, 0.29) is 10.8 Å². The van der Waals surface area contributed by atoms with E-state index < -0.39 is 0 Å².